The van der Waals surface area contributed by atoms with Gasteiger partial charge in [0.2, 0.25) is 5.88 Å². The summed E-state index contributed by atoms with van der Waals surface area (Å²) < 4.78 is 19.3. The Hall–Kier alpha value is -3.95. The standard InChI is InChI=1S/C30H34N4O5/c1-21(15-16-31-30(36)38-20-22-8-3-2-4-9-22)39-26-14-13-25-29(32-26)28(24-11-7-10-23(18-24)19-35)33-34(25)27-12-5-6-17-37-27/h2-4,7-11,13-14,18,21,27,35H,5-6,12,15-17,19-20H2,1H3,(H,31,36). The second-order valence-corrected chi connectivity index (χ2v) is 9.70. The number of aromatic nitrogens is 3. The number of fused-ring (bicyclic) bond motifs is 1. The van der Waals surface area contributed by atoms with Crippen LogP contribution in [0.25, 0.3) is 22.3 Å². The van der Waals surface area contributed by atoms with Crippen LogP contribution in [0.2, 0.25) is 0 Å². The molecule has 2 unspecified atom stereocenters. The van der Waals surface area contributed by atoms with Crippen LogP contribution < -0.4 is 10.1 Å². The van der Waals surface area contributed by atoms with E-state index in [4.69, 9.17) is 24.3 Å². The van der Waals surface area contributed by atoms with Crippen molar-refractivity contribution < 1.29 is 24.1 Å². The van der Waals surface area contributed by atoms with Crippen LogP contribution in [-0.2, 0) is 22.7 Å². The summed E-state index contributed by atoms with van der Waals surface area (Å²) in [5.74, 6) is 0.477. The lowest BCUT2D eigenvalue weighted by Crippen LogP contribution is -2.28. The second-order valence-electron chi connectivity index (χ2n) is 9.70. The molecule has 5 rings (SSSR count). The highest BCUT2D eigenvalue weighted by Gasteiger charge is 2.23. The van der Waals surface area contributed by atoms with E-state index in [0.29, 0.717) is 31.0 Å². The smallest absolute Gasteiger partial charge is 0.407 e. The Bertz CT molecular complexity index is 1380. The summed E-state index contributed by atoms with van der Waals surface area (Å²) in [7, 11) is 0. The first kappa shape index (κ1) is 26.6. The van der Waals surface area contributed by atoms with Crippen molar-refractivity contribution >= 4 is 17.1 Å². The zero-order valence-electron chi connectivity index (χ0n) is 22.1. The Balaban J connectivity index is 1.26. The summed E-state index contributed by atoms with van der Waals surface area (Å²) in [6.45, 7) is 3.24. The van der Waals surface area contributed by atoms with Crippen LogP contribution in [0.15, 0.2) is 66.7 Å². The van der Waals surface area contributed by atoms with E-state index in [1.165, 1.54) is 0 Å². The van der Waals surface area contributed by atoms with E-state index >= 15 is 0 Å². The van der Waals surface area contributed by atoms with Crippen molar-refractivity contribution in [3.63, 3.8) is 0 Å². The summed E-state index contributed by atoms with van der Waals surface area (Å²) in [5.41, 5.74) is 4.92. The van der Waals surface area contributed by atoms with Crippen LogP contribution in [0.3, 0.4) is 0 Å². The fourth-order valence-corrected chi connectivity index (χ4v) is 4.63. The third kappa shape index (κ3) is 6.74. The number of carbonyl (C=O) groups is 1. The number of benzene rings is 2. The Labute approximate surface area is 227 Å². The third-order valence-electron chi connectivity index (χ3n) is 6.69. The van der Waals surface area contributed by atoms with Gasteiger partial charge in [-0.2, -0.15) is 5.10 Å². The number of aliphatic hydroxyl groups is 1. The Morgan fingerprint density at radius 3 is 2.77 bits per heavy atom. The van der Waals surface area contributed by atoms with Crippen molar-refractivity contribution in [3.8, 4) is 17.1 Å². The van der Waals surface area contributed by atoms with Gasteiger partial charge in [-0.3, -0.25) is 0 Å². The van der Waals surface area contributed by atoms with Gasteiger partial charge in [-0.15, -0.1) is 0 Å². The maximum Gasteiger partial charge on any atom is 0.407 e. The Morgan fingerprint density at radius 2 is 1.97 bits per heavy atom. The topological polar surface area (TPSA) is 108 Å². The van der Waals surface area contributed by atoms with E-state index in [1.807, 2.05) is 78.3 Å². The lowest BCUT2D eigenvalue weighted by molar-refractivity contribution is -0.0365. The fourth-order valence-electron chi connectivity index (χ4n) is 4.63. The van der Waals surface area contributed by atoms with Crippen LogP contribution in [0.5, 0.6) is 5.88 Å². The van der Waals surface area contributed by atoms with Gasteiger partial charge in [0.25, 0.3) is 0 Å². The highest BCUT2D eigenvalue weighted by molar-refractivity contribution is 5.90. The average Bonchev–Trinajstić information content (AvgIpc) is 3.36. The number of carbonyl (C=O) groups excluding carboxylic acids is 1. The number of hydrogen-bond donors (Lipinski definition) is 2. The largest absolute Gasteiger partial charge is 0.475 e. The molecule has 2 aromatic heterocycles. The van der Waals surface area contributed by atoms with Gasteiger partial charge < -0.3 is 24.6 Å². The predicted octanol–water partition coefficient (Wildman–Crippen LogP) is 5.37. The van der Waals surface area contributed by atoms with Gasteiger partial charge in [0.1, 0.15) is 17.8 Å². The van der Waals surface area contributed by atoms with Crippen LogP contribution in [0.1, 0.15) is 50.0 Å². The highest BCUT2D eigenvalue weighted by Crippen LogP contribution is 2.33. The first-order valence-corrected chi connectivity index (χ1v) is 13.4. The molecule has 2 N–H and O–H groups in total. The van der Waals surface area contributed by atoms with Crippen LogP contribution >= 0.6 is 0 Å². The molecule has 3 heterocycles. The van der Waals surface area contributed by atoms with E-state index in [1.54, 1.807) is 0 Å². The summed E-state index contributed by atoms with van der Waals surface area (Å²) in [5, 5.41) is 17.3. The normalized spacial score (nSPS) is 16.1. The van der Waals surface area contributed by atoms with E-state index in [-0.39, 0.29) is 25.5 Å². The number of amides is 1. The molecule has 1 saturated heterocycles. The second kappa shape index (κ2) is 12.7. The van der Waals surface area contributed by atoms with Crippen molar-refractivity contribution in [2.75, 3.05) is 13.2 Å². The monoisotopic (exact) mass is 530 g/mol. The molecule has 2 aromatic carbocycles. The minimum absolute atomic E-state index is 0.0502. The van der Waals surface area contributed by atoms with Crippen molar-refractivity contribution in [2.24, 2.45) is 0 Å². The number of rotatable bonds is 10. The molecule has 0 saturated carbocycles. The van der Waals surface area contributed by atoms with Crippen LogP contribution in [0, 0.1) is 0 Å². The minimum atomic E-state index is -0.460. The van der Waals surface area contributed by atoms with Crippen LogP contribution in [0.4, 0.5) is 4.79 Å². The fraction of sp³-hybridized carbons (Fsp3) is 0.367. The molecule has 0 radical (unpaired) electrons. The molecule has 0 spiro atoms. The zero-order valence-corrected chi connectivity index (χ0v) is 22.1. The number of nitrogens with zero attached hydrogens (tertiary/aromatic N) is 3. The molecule has 0 bridgehead atoms. The number of ether oxygens (including phenoxy) is 3. The van der Waals surface area contributed by atoms with Gasteiger partial charge in [-0.1, -0.05) is 48.5 Å². The number of alkyl carbamates (subject to hydrolysis) is 1. The molecule has 1 aliphatic rings. The quantitative estimate of drug-likeness (QED) is 0.284. The first-order chi connectivity index (χ1) is 19.1. The van der Waals surface area contributed by atoms with E-state index in [0.717, 1.165) is 47.2 Å². The first-order valence-electron chi connectivity index (χ1n) is 13.4. The lowest BCUT2D eigenvalue weighted by atomic mass is 10.1. The van der Waals surface area contributed by atoms with E-state index in [2.05, 4.69) is 5.32 Å². The summed E-state index contributed by atoms with van der Waals surface area (Å²) in [4.78, 5) is 16.9. The maximum absolute atomic E-state index is 12.0. The molecule has 2 atom stereocenters. The number of nitrogens with one attached hydrogen (secondary N) is 1. The molecular weight excluding hydrogens is 496 g/mol. The number of aliphatic hydroxyl groups excluding tert-OH is 1. The average molecular weight is 531 g/mol. The molecule has 39 heavy (non-hydrogen) atoms. The van der Waals surface area contributed by atoms with Gasteiger partial charge in [-0.25, -0.2) is 14.5 Å². The highest BCUT2D eigenvalue weighted by atomic mass is 16.5. The van der Waals surface area contributed by atoms with E-state index < -0.39 is 6.09 Å². The van der Waals surface area contributed by atoms with Crippen molar-refractivity contribution in [2.45, 2.75) is 58.2 Å². The molecule has 0 aliphatic carbocycles. The molecule has 1 amide bonds. The van der Waals surface area contributed by atoms with Gasteiger partial charge in [-0.05, 0) is 49.4 Å². The zero-order chi connectivity index (χ0) is 27.0. The van der Waals surface area contributed by atoms with Gasteiger partial charge >= 0.3 is 6.09 Å². The van der Waals surface area contributed by atoms with Gasteiger partial charge in [0, 0.05) is 31.2 Å². The summed E-state index contributed by atoms with van der Waals surface area (Å²) >= 11 is 0. The van der Waals surface area contributed by atoms with Gasteiger partial charge in [0.05, 0.1) is 18.2 Å². The van der Waals surface area contributed by atoms with Crippen molar-refractivity contribution in [1.29, 1.82) is 0 Å². The minimum Gasteiger partial charge on any atom is -0.475 e. The van der Waals surface area contributed by atoms with Gasteiger partial charge in [0.15, 0.2) is 6.23 Å². The van der Waals surface area contributed by atoms with Crippen molar-refractivity contribution in [3.05, 3.63) is 77.9 Å². The van der Waals surface area contributed by atoms with Crippen molar-refractivity contribution in [1.82, 2.24) is 20.1 Å². The molecule has 9 heteroatoms. The molecule has 9 nitrogen and oxygen atoms in total. The molecule has 1 aliphatic heterocycles. The molecule has 204 valence electrons. The Kier molecular flexibility index (Phi) is 8.70. The summed E-state index contributed by atoms with van der Waals surface area (Å²) in [6.07, 6.45) is 2.82. The predicted molar refractivity (Wildman–Crippen MR) is 147 cm³/mol. The van der Waals surface area contributed by atoms with E-state index in [9.17, 15) is 9.90 Å². The maximum atomic E-state index is 12.0. The Morgan fingerprint density at radius 1 is 1.13 bits per heavy atom. The number of pyridine rings is 1. The van der Waals surface area contributed by atoms with Crippen LogP contribution in [-0.4, -0.2) is 45.2 Å². The SMILES string of the molecule is CC(CCNC(=O)OCc1ccccc1)Oc1ccc2c(n1)c(-c1cccc(CO)c1)nn2C1CCCCO1. The molecule has 4 aromatic rings. The summed E-state index contributed by atoms with van der Waals surface area (Å²) in [6, 6.07) is 21.0. The lowest BCUT2D eigenvalue weighted by Gasteiger charge is -2.23. The molecular formula is C30H34N4O5. The third-order valence-corrected chi connectivity index (χ3v) is 6.69. The number of hydrogen-bond acceptors (Lipinski definition) is 7. The molecule has 1 fully saturated rings.